The third-order valence-corrected chi connectivity index (χ3v) is 3.47. The zero-order valence-corrected chi connectivity index (χ0v) is 11.9. The van der Waals surface area contributed by atoms with Crippen LogP contribution in [-0.2, 0) is 11.2 Å². The number of hydrogen-bond donors (Lipinski definition) is 2. The van der Waals surface area contributed by atoms with Crippen LogP contribution in [0.3, 0.4) is 0 Å². The molecule has 1 aromatic heterocycles. The molecular weight excluding hydrogens is 258 g/mol. The lowest BCUT2D eigenvalue weighted by atomic mass is 10.3. The van der Waals surface area contributed by atoms with Crippen LogP contribution in [0.25, 0.3) is 0 Å². The monoisotopic (exact) mass is 277 g/mol. The van der Waals surface area contributed by atoms with Gasteiger partial charge in [-0.05, 0) is 32.4 Å². The zero-order valence-electron chi connectivity index (χ0n) is 10.3. The van der Waals surface area contributed by atoms with Crippen molar-refractivity contribution in [2.24, 2.45) is 0 Å². The fraction of sp³-hybridized carbons (Fsp3) is 0.667. The van der Waals surface area contributed by atoms with Gasteiger partial charge in [-0.3, -0.25) is 0 Å². The molecule has 0 fully saturated rings. The summed E-state index contributed by atoms with van der Waals surface area (Å²) >= 11 is 7.44. The average Bonchev–Trinajstić information content (AvgIpc) is 2.68. The van der Waals surface area contributed by atoms with Crippen LogP contribution in [0, 0.1) is 0 Å². The number of aliphatic hydroxyl groups excluding tert-OH is 1. The molecule has 98 valence electrons. The van der Waals surface area contributed by atoms with Gasteiger partial charge in [0, 0.05) is 18.0 Å². The molecule has 1 rings (SSSR count). The standard InChI is InChI=1S/C12H20ClNO2S/c1-9(2)16-8-10(15)7-14-6-5-11-3-4-12(13)17-11/h3-4,9-10,14-15H,5-8H2,1-2H3. The minimum Gasteiger partial charge on any atom is -0.389 e. The van der Waals surface area contributed by atoms with Crippen LogP contribution in [0.5, 0.6) is 0 Å². The molecular formula is C12H20ClNO2S. The smallest absolute Gasteiger partial charge is 0.0931 e. The van der Waals surface area contributed by atoms with E-state index in [9.17, 15) is 5.11 Å². The number of halogens is 1. The first-order valence-corrected chi connectivity index (χ1v) is 7.02. The van der Waals surface area contributed by atoms with Gasteiger partial charge < -0.3 is 15.2 Å². The van der Waals surface area contributed by atoms with E-state index in [4.69, 9.17) is 16.3 Å². The summed E-state index contributed by atoms with van der Waals surface area (Å²) in [7, 11) is 0. The van der Waals surface area contributed by atoms with Crippen LogP contribution in [0.15, 0.2) is 12.1 Å². The van der Waals surface area contributed by atoms with E-state index in [1.807, 2.05) is 26.0 Å². The Morgan fingerprint density at radius 3 is 2.82 bits per heavy atom. The summed E-state index contributed by atoms with van der Waals surface area (Å²) in [5.41, 5.74) is 0. The number of thiophene rings is 1. The maximum atomic E-state index is 9.59. The van der Waals surface area contributed by atoms with E-state index in [0.29, 0.717) is 13.2 Å². The van der Waals surface area contributed by atoms with Gasteiger partial charge >= 0.3 is 0 Å². The highest BCUT2D eigenvalue weighted by molar-refractivity contribution is 7.16. The van der Waals surface area contributed by atoms with Crippen LogP contribution < -0.4 is 5.32 Å². The van der Waals surface area contributed by atoms with Crippen molar-refractivity contribution in [3.8, 4) is 0 Å². The minimum atomic E-state index is -0.440. The van der Waals surface area contributed by atoms with Gasteiger partial charge in [-0.15, -0.1) is 11.3 Å². The van der Waals surface area contributed by atoms with E-state index in [2.05, 4.69) is 5.32 Å². The molecule has 17 heavy (non-hydrogen) atoms. The maximum Gasteiger partial charge on any atom is 0.0931 e. The first-order chi connectivity index (χ1) is 8.08. The molecule has 0 bridgehead atoms. The van der Waals surface area contributed by atoms with Crippen LogP contribution in [0.2, 0.25) is 4.34 Å². The van der Waals surface area contributed by atoms with E-state index in [1.165, 1.54) is 4.88 Å². The van der Waals surface area contributed by atoms with E-state index in [-0.39, 0.29) is 6.10 Å². The first-order valence-electron chi connectivity index (χ1n) is 5.82. The van der Waals surface area contributed by atoms with E-state index >= 15 is 0 Å². The normalized spacial score (nSPS) is 13.2. The summed E-state index contributed by atoms with van der Waals surface area (Å²) in [6, 6.07) is 3.94. The third kappa shape index (κ3) is 7.01. The van der Waals surface area contributed by atoms with Crippen LogP contribution >= 0.6 is 22.9 Å². The fourth-order valence-electron chi connectivity index (χ4n) is 1.33. The predicted molar refractivity (Wildman–Crippen MR) is 73.0 cm³/mol. The highest BCUT2D eigenvalue weighted by atomic mass is 35.5. The molecule has 0 saturated heterocycles. The Labute approximate surface area is 112 Å². The van der Waals surface area contributed by atoms with Crippen LogP contribution in [-0.4, -0.2) is 37.0 Å². The fourth-order valence-corrected chi connectivity index (χ4v) is 2.42. The molecule has 0 aliphatic heterocycles. The van der Waals surface area contributed by atoms with Crippen molar-refractivity contribution < 1.29 is 9.84 Å². The number of nitrogens with one attached hydrogen (secondary N) is 1. The molecule has 0 aromatic carbocycles. The molecule has 2 N–H and O–H groups in total. The Morgan fingerprint density at radius 1 is 1.47 bits per heavy atom. The van der Waals surface area contributed by atoms with E-state index in [0.717, 1.165) is 17.3 Å². The van der Waals surface area contributed by atoms with Gasteiger partial charge in [0.1, 0.15) is 0 Å². The lowest BCUT2D eigenvalue weighted by Crippen LogP contribution is -2.32. The number of aliphatic hydroxyl groups is 1. The number of hydrogen-bond acceptors (Lipinski definition) is 4. The van der Waals surface area contributed by atoms with Crippen molar-refractivity contribution in [2.45, 2.75) is 32.5 Å². The van der Waals surface area contributed by atoms with Gasteiger partial charge in [0.25, 0.3) is 0 Å². The summed E-state index contributed by atoms with van der Waals surface area (Å²) in [4.78, 5) is 1.26. The maximum absolute atomic E-state index is 9.59. The molecule has 1 aromatic rings. The Morgan fingerprint density at radius 2 is 2.24 bits per heavy atom. The zero-order chi connectivity index (χ0) is 12.7. The highest BCUT2D eigenvalue weighted by Crippen LogP contribution is 2.21. The number of rotatable bonds is 8. The second kappa shape index (κ2) is 8.06. The molecule has 3 nitrogen and oxygen atoms in total. The lowest BCUT2D eigenvalue weighted by molar-refractivity contribution is 0.00652. The van der Waals surface area contributed by atoms with Gasteiger partial charge in [-0.25, -0.2) is 0 Å². The topological polar surface area (TPSA) is 41.5 Å². The summed E-state index contributed by atoms with van der Waals surface area (Å²) in [6.45, 7) is 5.71. The molecule has 5 heteroatoms. The first kappa shape index (κ1) is 14.9. The van der Waals surface area contributed by atoms with Crippen molar-refractivity contribution >= 4 is 22.9 Å². The van der Waals surface area contributed by atoms with Crippen molar-refractivity contribution in [1.82, 2.24) is 5.32 Å². The Hall–Kier alpha value is -0.130. The van der Waals surface area contributed by atoms with Gasteiger partial charge in [-0.2, -0.15) is 0 Å². The summed E-state index contributed by atoms with van der Waals surface area (Å²) < 4.78 is 6.14. The third-order valence-electron chi connectivity index (χ3n) is 2.18. The molecule has 0 radical (unpaired) electrons. The van der Waals surface area contributed by atoms with Gasteiger partial charge in [0.15, 0.2) is 0 Å². The summed E-state index contributed by atoms with van der Waals surface area (Å²) in [6.07, 6.45) is 0.664. The summed E-state index contributed by atoms with van der Waals surface area (Å²) in [5, 5.41) is 12.8. The van der Waals surface area contributed by atoms with E-state index in [1.54, 1.807) is 11.3 Å². The van der Waals surface area contributed by atoms with Crippen molar-refractivity contribution in [3.05, 3.63) is 21.3 Å². The van der Waals surface area contributed by atoms with Gasteiger partial charge in [0.2, 0.25) is 0 Å². The molecule has 0 aliphatic rings. The average molecular weight is 278 g/mol. The largest absolute Gasteiger partial charge is 0.389 e. The quantitative estimate of drug-likeness (QED) is 0.717. The second-order valence-electron chi connectivity index (χ2n) is 4.20. The summed E-state index contributed by atoms with van der Waals surface area (Å²) in [5.74, 6) is 0. The van der Waals surface area contributed by atoms with Gasteiger partial charge in [-0.1, -0.05) is 11.6 Å². The highest BCUT2D eigenvalue weighted by Gasteiger charge is 2.05. The molecule has 0 amide bonds. The van der Waals surface area contributed by atoms with Crippen LogP contribution in [0.4, 0.5) is 0 Å². The van der Waals surface area contributed by atoms with Crippen molar-refractivity contribution in [3.63, 3.8) is 0 Å². The minimum absolute atomic E-state index is 0.165. The molecule has 0 aliphatic carbocycles. The van der Waals surface area contributed by atoms with Crippen molar-refractivity contribution in [2.75, 3.05) is 19.7 Å². The van der Waals surface area contributed by atoms with Gasteiger partial charge in [0.05, 0.1) is 23.2 Å². The second-order valence-corrected chi connectivity index (χ2v) is 6.00. The Kier molecular flexibility index (Phi) is 7.08. The lowest BCUT2D eigenvalue weighted by Gasteiger charge is -2.13. The molecule has 1 unspecified atom stereocenters. The molecule has 1 heterocycles. The predicted octanol–water partition coefficient (Wildman–Crippen LogP) is 2.32. The van der Waals surface area contributed by atoms with E-state index < -0.39 is 6.10 Å². The van der Waals surface area contributed by atoms with Crippen molar-refractivity contribution in [1.29, 1.82) is 0 Å². The molecule has 1 atom stereocenters. The SMILES string of the molecule is CC(C)OCC(O)CNCCc1ccc(Cl)s1. The Bertz CT molecular complexity index is 317. The number of ether oxygens (including phenoxy) is 1. The molecule has 0 saturated carbocycles. The molecule has 0 spiro atoms. The Balaban J connectivity index is 2.03. The van der Waals surface area contributed by atoms with Crippen LogP contribution in [0.1, 0.15) is 18.7 Å².